The van der Waals surface area contributed by atoms with Crippen LogP contribution in [0.2, 0.25) is 0 Å². The first kappa shape index (κ1) is 16.1. The monoisotopic (exact) mass is 305 g/mol. The number of hydrogen-bond donors (Lipinski definition) is 2. The summed E-state index contributed by atoms with van der Waals surface area (Å²) in [7, 11) is -3.14. The molecule has 0 saturated carbocycles. The van der Waals surface area contributed by atoms with E-state index in [9.17, 15) is 22.4 Å². The van der Waals surface area contributed by atoms with Crippen LogP contribution in [0.1, 0.15) is 17.3 Å². The average Bonchev–Trinajstić information content (AvgIpc) is 2.37. The molecule has 0 saturated heterocycles. The van der Waals surface area contributed by atoms with Crippen LogP contribution in [0.3, 0.4) is 0 Å². The number of nitrogens with one attached hydrogen (secondary N) is 1. The molecule has 0 aliphatic rings. The molecule has 0 aliphatic carbocycles. The van der Waals surface area contributed by atoms with E-state index in [2.05, 4.69) is 4.74 Å². The fourth-order valence-electron chi connectivity index (χ4n) is 1.29. The molecule has 1 unspecified atom stereocenters. The van der Waals surface area contributed by atoms with E-state index in [0.717, 1.165) is 26.2 Å². The number of rotatable bonds is 5. The van der Waals surface area contributed by atoms with Crippen LogP contribution in [0.5, 0.6) is 0 Å². The number of carbonyl (C=O) groups excluding carboxylic acids is 1. The van der Waals surface area contributed by atoms with Crippen molar-refractivity contribution in [3.05, 3.63) is 29.6 Å². The highest BCUT2D eigenvalue weighted by Gasteiger charge is 2.23. The van der Waals surface area contributed by atoms with E-state index in [-0.39, 0.29) is 0 Å². The third-order valence-electron chi connectivity index (χ3n) is 2.36. The fourth-order valence-corrected chi connectivity index (χ4v) is 2.50. The highest BCUT2D eigenvalue weighted by molar-refractivity contribution is 7.89. The van der Waals surface area contributed by atoms with Crippen LogP contribution in [0, 0.1) is 5.82 Å². The third-order valence-corrected chi connectivity index (χ3v) is 3.90. The van der Waals surface area contributed by atoms with Gasteiger partial charge in [0.1, 0.15) is 11.9 Å². The van der Waals surface area contributed by atoms with E-state index < -0.39 is 44.3 Å². The minimum atomic E-state index is -4.20. The molecule has 0 spiro atoms. The Morgan fingerprint density at radius 2 is 2.00 bits per heavy atom. The number of hydrogen-bond acceptors (Lipinski definition) is 5. The largest absolute Gasteiger partial charge is 0.480 e. The summed E-state index contributed by atoms with van der Waals surface area (Å²) in [4.78, 5) is 21.3. The molecule has 9 heteroatoms. The molecule has 110 valence electrons. The van der Waals surface area contributed by atoms with Crippen LogP contribution in [0.25, 0.3) is 0 Å². The van der Waals surface area contributed by atoms with Crippen LogP contribution in [-0.4, -0.2) is 38.6 Å². The SMILES string of the molecule is COC(=O)c1ccc(S(=O)(=O)NC(C)C(=O)O)cc1F. The highest BCUT2D eigenvalue weighted by atomic mass is 32.2. The first-order chi connectivity index (χ1) is 9.19. The van der Waals surface area contributed by atoms with E-state index in [0.29, 0.717) is 6.07 Å². The second-order valence-electron chi connectivity index (χ2n) is 3.81. The summed E-state index contributed by atoms with van der Waals surface area (Å²) in [6, 6.07) is 1.17. The molecule has 0 heterocycles. The van der Waals surface area contributed by atoms with E-state index in [1.165, 1.54) is 0 Å². The molecule has 1 atom stereocenters. The number of esters is 1. The molecule has 0 fully saturated rings. The van der Waals surface area contributed by atoms with Crippen LogP contribution in [0.4, 0.5) is 4.39 Å². The van der Waals surface area contributed by atoms with Gasteiger partial charge in [-0.1, -0.05) is 0 Å². The van der Waals surface area contributed by atoms with Crippen molar-refractivity contribution in [2.75, 3.05) is 7.11 Å². The number of sulfonamides is 1. The van der Waals surface area contributed by atoms with Gasteiger partial charge in [-0.25, -0.2) is 17.6 Å². The Morgan fingerprint density at radius 3 is 2.45 bits per heavy atom. The Balaban J connectivity index is 3.12. The van der Waals surface area contributed by atoms with E-state index in [1.807, 2.05) is 4.72 Å². The molecule has 1 aromatic carbocycles. The molecular weight excluding hydrogens is 293 g/mol. The number of benzene rings is 1. The van der Waals surface area contributed by atoms with Crippen molar-refractivity contribution in [1.29, 1.82) is 0 Å². The Hall–Kier alpha value is -2.00. The number of halogens is 1. The fraction of sp³-hybridized carbons (Fsp3) is 0.273. The molecule has 7 nitrogen and oxygen atoms in total. The van der Waals surface area contributed by atoms with Gasteiger partial charge in [0.15, 0.2) is 0 Å². The zero-order chi connectivity index (χ0) is 15.5. The Bertz CT molecular complexity index is 642. The number of ether oxygens (including phenoxy) is 1. The van der Waals surface area contributed by atoms with Crippen molar-refractivity contribution in [2.45, 2.75) is 17.9 Å². The van der Waals surface area contributed by atoms with Crippen molar-refractivity contribution in [3.63, 3.8) is 0 Å². The molecule has 1 rings (SSSR count). The minimum Gasteiger partial charge on any atom is -0.480 e. The smallest absolute Gasteiger partial charge is 0.340 e. The molecule has 20 heavy (non-hydrogen) atoms. The van der Waals surface area contributed by atoms with Crippen LogP contribution in [-0.2, 0) is 19.6 Å². The first-order valence-electron chi connectivity index (χ1n) is 5.32. The summed E-state index contributed by atoms with van der Waals surface area (Å²) < 4.78 is 43.4. The van der Waals surface area contributed by atoms with Gasteiger partial charge in [0, 0.05) is 0 Å². The number of carbonyl (C=O) groups is 2. The lowest BCUT2D eigenvalue weighted by molar-refractivity contribution is -0.138. The zero-order valence-electron chi connectivity index (χ0n) is 10.6. The molecule has 0 aromatic heterocycles. The molecule has 1 aromatic rings. The van der Waals surface area contributed by atoms with Gasteiger partial charge in [-0.15, -0.1) is 0 Å². The van der Waals surface area contributed by atoms with Gasteiger partial charge < -0.3 is 9.84 Å². The van der Waals surface area contributed by atoms with E-state index >= 15 is 0 Å². The van der Waals surface area contributed by atoms with E-state index in [4.69, 9.17) is 5.11 Å². The minimum absolute atomic E-state index is 0.419. The van der Waals surface area contributed by atoms with Gasteiger partial charge in [-0.05, 0) is 25.1 Å². The number of aliphatic carboxylic acids is 1. The molecular formula is C11H12FNO6S. The maximum Gasteiger partial charge on any atom is 0.340 e. The molecule has 0 radical (unpaired) electrons. The molecule has 0 aliphatic heterocycles. The number of methoxy groups -OCH3 is 1. The van der Waals surface area contributed by atoms with Gasteiger partial charge >= 0.3 is 11.9 Å². The Kier molecular flexibility index (Phi) is 4.79. The first-order valence-corrected chi connectivity index (χ1v) is 6.80. The summed E-state index contributed by atoms with van der Waals surface area (Å²) in [5.41, 5.74) is -0.419. The average molecular weight is 305 g/mol. The molecule has 2 N–H and O–H groups in total. The molecule has 0 amide bonds. The second kappa shape index (κ2) is 5.97. The van der Waals surface area contributed by atoms with Crippen molar-refractivity contribution in [3.8, 4) is 0 Å². The topological polar surface area (TPSA) is 110 Å². The third kappa shape index (κ3) is 3.52. The normalized spacial score (nSPS) is 12.8. The van der Waals surface area contributed by atoms with Crippen molar-refractivity contribution in [1.82, 2.24) is 4.72 Å². The van der Waals surface area contributed by atoms with Crippen molar-refractivity contribution < 1.29 is 32.2 Å². The van der Waals surface area contributed by atoms with Gasteiger partial charge in [-0.3, -0.25) is 4.79 Å². The predicted octanol–water partition coefficient (Wildman–Crippen LogP) is 0.364. The van der Waals surface area contributed by atoms with Gasteiger partial charge in [0.25, 0.3) is 0 Å². The maximum absolute atomic E-state index is 13.6. The summed E-state index contributed by atoms with van der Waals surface area (Å²) >= 11 is 0. The lowest BCUT2D eigenvalue weighted by Crippen LogP contribution is -2.38. The van der Waals surface area contributed by atoms with Gasteiger partial charge in [-0.2, -0.15) is 4.72 Å². The summed E-state index contributed by atoms with van der Waals surface area (Å²) in [6.45, 7) is 1.12. The van der Waals surface area contributed by atoms with Gasteiger partial charge in [0.2, 0.25) is 10.0 Å². The number of carboxylic acids is 1. The summed E-state index contributed by atoms with van der Waals surface area (Å²) in [5.74, 6) is -3.40. The lowest BCUT2D eigenvalue weighted by atomic mass is 10.2. The zero-order valence-corrected chi connectivity index (χ0v) is 11.4. The molecule has 0 bridgehead atoms. The number of carboxylic acid groups (broad SMARTS) is 1. The second-order valence-corrected chi connectivity index (χ2v) is 5.53. The quantitative estimate of drug-likeness (QED) is 0.760. The Morgan fingerprint density at radius 1 is 1.40 bits per heavy atom. The van der Waals surface area contributed by atoms with Gasteiger partial charge in [0.05, 0.1) is 17.6 Å². The highest BCUT2D eigenvalue weighted by Crippen LogP contribution is 2.16. The van der Waals surface area contributed by atoms with E-state index in [1.54, 1.807) is 0 Å². The standard InChI is InChI=1S/C11H12FNO6S/c1-6(10(14)15)13-20(17,18)7-3-4-8(9(12)5-7)11(16)19-2/h3-6,13H,1-2H3,(H,14,15). The summed E-state index contributed by atoms with van der Waals surface area (Å²) in [6.07, 6.45) is 0. The van der Waals surface area contributed by atoms with Crippen molar-refractivity contribution in [2.24, 2.45) is 0 Å². The van der Waals surface area contributed by atoms with Crippen LogP contribution < -0.4 is 4.72 Å². The summed E-state index contributed by atoms with van der Waals surface area (Å²) in [5, 5.41) is 8.63. The van der Waals surface area contributed by atoms with Crippen LogP contribution >= 0.6 is 0 Å². The van der Waals surface area contributed by atoms with Crippen molar-refractivity contribution >= 4 is 22.0 Å². The predicted molar refractivity (Wildman–Crippen MR) is 65.2 cm³/mol. The maximum atomic E-state index is 13.6. The van der Waals surface area contributed by atoms with Crippen LogP contribution in [0.15, 0.2) is 23.1 Å². The lowest BCUT2D eigenvalue weighted by Gasteiger charge is -2.11. The Labute approximate surface area is 114 Å².